The third-order valence-electron chi connectivity index (χ3n) is 6.02. The van der Waals surface area contributed by atoms with Gasteiger partial charge in [0.15, 0.2) is 0 Å². The quantitative estimate of drug-likeness (QED) is 0.698. The zero-order valence-electron chi connectivity index (χ0n) is 17.1. The minimum atomic E-state index is -0.499. The van der Waals surface area contributed by atoms with E-state index >= 15 is 0 Å². The molecule has 154 valence electrons. The molecule has 0 spiro atoms. The zero-order valence-corrected chi connectivity index (χ0v) is 17.9. The average molecular weight is 414 g/mol. The van der Waals surface area contributed by atoms with Crippen LogP contribution in [-0.2, 0) is 16.6 Å². The number of carbonyl (C=O) groups excluding carboxylic acids is 2. The zero-order chi connectivity index (χ0) is 21.2. The van der Waals surface area contributed by atoms with Crippen molar-refractivity contribution in [3.63, 3.8) is 0 Å². The largest absolute Gasteiger partial charge is 0.366 e. The number of hydrogen-bond acceptors (Lipinski definition) is 3. The highest BCUT2D eigenvalue weighted by Gasteiger charge is 2.55. The highest BCUT2D eigenvalue weighted by molar-refractivity contribution is 6.31. The minimum Gasteiger partial charge on any atom is -0.366 e. The summed E-state index contributed by atoms with van der Waals surface area (Å²) in [5.41, 5.74) is 7.76. The van der Waals surface area contributed by atoms with E-state index in [1.54, 1.807) is 12.1 Å². The Bertz CT molecular complexity index is 900. The van der Waals surface area contributed by atoms with Crippen molar-refractivity contribution in [2.45, 2.75) is 31.2 Å². The minimum absolute atomic E-state index is 0.00569. The van der Waals surface area contributed by atoms with Crippen LogP contribution in [0.2, 0.25) is 5.02 Å². The number of halogens is 1. The number of nitrogens with two attached hydrogens (primary N) is 1. The molecule has 3 rings (SSSR count). The first-order valence-electron chi connectivity index (χ1n) is 9.80. The Morgan fingerprint density at radius 3 is 2.52 bits per heavy atom. The van der Waals surface area contributed by atoms with Gasteiger partial charge in [0.05, 0.1) is 0 Å². The van der Waals surface area contributed by atoms with E-state index in [-0.39, 0.29) is 23.3 Å². The van der Waals surface area contributed by atoms with Crippen LogP contribution in [0.3, 0.4) is 0 Å². The second-order valence-corrected chi connectivity index (χ2v) is 8.68. The van der Waals surface area contributed by atoms with Gasteiger partial charge >= 0.3 is 0 Å². The normalized spacial score (nSPS) is 21.6. The second-order valence-electron chi connectivity index (χ2n) is 8.28. The first-order chi connectivity index (χ1) is 13.7. The summed E-state index contributed by atoms with van der Waals surface area (Å²) in [5.74, 6) is -0.398. The Morgan fingerprint density at radius 2 is 1.93 bits per heavy atom. The Hall–Kier alpha value is -2.37. The summed E-state index contributed by atoms with van der Waals surface area (Å²) >= 11 is 6.34. The molecule has 5 nitrogen and oxygen atoms in total. The van der Waals surface area contributed by atoms with Gasteiger partial charge in [-0.3, -0.25) is 9.59 Å². The van der Waals surface area contributed by atoms with Gasteiger partial charge in [-0.15, -0.1) is 0 Å². The van der Waals surface area contributed by atoms with E-state index in [4.69, 9.17) is 17.3 Å². The molecule has 6 heteroatoms. The maximum atomic E-state index is 12.8. The lowest BCUT2D eigenvalue weighted by molar-refractivity contribution is -0.122. The molecular weight excluding hydrogens is 386 g/mol. The van der Waals surface area contributed by atoms with Crippen LogP contribution in [0, 0.1) is 5.92 Å². The number of hydrogen-bond donors (Lipinski definition) is 2. The van der Waals surface area contributed by atoms with Crippen LogP contribution in [0.4, 0.5) is 0 Å². The van der Waals surface area contributed by atoms with Gasteiger partial charge in [-0.05, 0) is 50.2 Å². The van der Waals surface area contributed by atoms with E-state index in [0.717, 1.165) is 12.0 Å². The molecule has 3 N–H and O–H groups in total. The van der Waals surface area contributed by atoms with Crippen LogP contribution >= 0.6 is 11.6 Å². The summed E-state index contributed by atoms with van der Waals surface area (Å²) in [5, 5.41) is 3.63. The molecule has 2 aromatic rings. The van der Waals surface area contributed by atoms with Gasteiger partial charge in [0, 0.05) is 34.5 Å². The summed E-state index contributed by atoms with van der Waals surface area (Å²) < 4.78 is 0. The van der Waals surface area contributed by atoms with E-state index in [2.05, 4.69) is 29.3 Å². The van der Waals surface area contributed by atoms with Crippen LogP contribution < -0.4 is 11.1 Å². The summed E-state index contributed by atoms with van der Waals surface area (Å²) in [6, 6.07) is 15.4. The Kier molecular flexibility index (Phi) is 6.30. The van der Waals surface area contributed by atoms with Crippen molar-refractivity contribution in [1.82, 2.24) is 10.2 Å². The fourth-order valence-electron chi connectivity index (χ4n) is 3.78. The first-order valence-corrected chi connectivity index (χ1v) is 10.2. The number of nitrogens with one attached hydrogen (secondary N) is 1. The predicted molar refractivity (Wildman–Crippen MR) is 116 cm³/mol. The molecule has 1 aliphatic rings. The summed E-state index contributed by atoms with van der Waals surface area (Å²) in [4.78, 5) is 26.1. The van der Waals surface area contributed by atoms with Gasteiger partial charge in [-0.2, -0.15) is 0 Å². The monoisotopic (exact) mass is 413 g/mol. The number of carbonyl (C=O) groups is 2. The lowest BCUT2D eigenvalue weighted by Gasteiger charge is -2.25. The number of amides is 2. The van der Waals surface area contributed by atoms with E-state index in [1.165, 1.54) is 5.56 Å². The molecule has 2 amide bonds. The molecule has 0 aliphatic heterocycles. The van der Waals surface area contributed by atoms with Gasteiger partial charge in [0.2, 0.25) is 11.8 Å². The van der Waals surface area contributed by atoms with Gasteiger partial charge in [-0.1, -0.05) is 54.9 Å². The summed E-state index contributed by atoms with van der Waals surface area (Å²) in [6.07, 6.45) is 1.53. The number of primary amides is 1. The van der Waals surface area contributed by atoms with E-state index < -0.39 is 5.91 Å². The molecule has 2 aromatic carbocycles. The lowest BCUT2D eigenvalue weighted by Crippen LogP contribution is -2.42. The molecule has 0 bridgehead atoms. The van der Waals surface area contributed by atoms with Crippen molar-refractivity contribution >= 4 is 23.4 Å². The molecule has 1 aliphatic carbocycles. The topological polar surface area (TPSA) is 75.4 Å². The van der Waals surface area contributed by atoms with Gasteiger partial charge < -0.3 is 16.0 Å². The molecule has 29 heavy (non-hydrogen) atoms. The molecule has 0 heterocycles. The van der Waals surface area contributed by atoms with Crippen molar-refractivity contribution in [2.24, 2.45) is 11.7 Å². The smallest absolute Gasteiger partial charge is 0.248 e. The SMILES string of the molecule is CN(C)C(CNC(=O)[C@@H]1C[C@@]1(C)c1ccccc1)Cc1ccc(C(N)=O)cc1Cl. The van der Waals surface area contributed by atoms with Crippen LogP contribution in [-0.4, -0.2) is 43.4 Å². The fourth-order valence-corrected chi connectivity index (χ4v) is 4.04. The van der Waals surface area contributed by atoms with E-state index in [0.29, 0.717) is 23.6 Å². The number of nitrogens with zero attached hydrogens (tertiary/aromatic N) is 1. The lowest BCUT2D eigenvalue weighted by atomic mass is 9.95. The second kappa shape index (κ2) is 8.56. The molecule has 0 saturated heterocycles. The van der Waals surface area contributed by atoms with Gasteiger partial charge in [0.1, 0.15) is 0 Å². The molecule has 0 aromatic heterocycles. The number of benzene rings is 2. The van der Waals surface area contributed by atoms with Crippen molar-refractivity contribution < 1.29 is 9.59 Å². The fraction of sp³-hybridized carbons (Fsp3) is 0.391. The standard InChI is InChI=1S/C23H28ClN3O2/c1-23(17-7-5-4-6-8-17)13-19(23)22(29)26-14-18(27(2)3)11-15-9-10-16(21(25)28)12-20(15)24/h4-10,12,18-19H,11,13-14H2,1-3H3,(H2,25,28)(H,26,29)/t18?,19-,23-/m0/s1. The molecule has 1 saturated carbocycles. The van der Waals surface area contributed by atoms with Crippen LogP contribution in [0.1, 0.15) is 34.8 Å². The molecule has 0 radical (unpaired) electrons. The molecule has 3 atom stereocenters. The van der Waals surface area contributed by atoms with Crippen molar-refractivity contribution in [3.8, 4) is 0 Å². The number of likely N-dealkylation sites (N-methyl/N-ethyl adjacent to an activating group) is 1. The third-order valence-corrected chi connectivity index (χ3v) is 6.37. The highest BCUT2D eigenvalue weighted by atomic mass is 35.5. The summed E-state index contributed by atoms with van der Waals surface area (Å²) in [6.45, 7) is 2.68. The van der Waals surface area contributed by atoms with Crippen LogP contribution in [0.25, 0.3) is 0 Å². The average Bonchev–Trinajstić information content (AvgIpc) is 3.39. The Balaban J connectivity index is 1.61. The van der Waals surface area contributed by atoms with Crippen molar-refractivity contribution in [3.05, 3.63) is 70.2 Å². The van der Waals surface area contributed by atoms with Crippen LogP contribution in [0.5, 0.6) is 0 Å². The Morgan fingerprint density at radius 1 is 1.24 bits per heavy atom. The van der Waals surface area contributed by atoms with E-state index in [1.807, 2.05) is 38.4 Å². The summed E-state index contributed by atoms with van der Waals surface area (Å²) in [7, 11) is 3.96. The van der Waals surface area contributed by atoms with Crippen molar-refractivity contribution in [2.75, 3.05) is 20.6 Å². The van der Waals surface area contributed by atoms with E-state index in [9.17, 15) is 9.59 Å². The first kappa shape index (κ1) is 21.3. The molecular formula is C23H28ClN3O2. The molecule has 1 unspecified atom stereocenters. The number of rotatable bonds is 8. The maximum Gasteiger partial charge on any atom is 0.248 e. The highest BCUT2D eigenvalue weighted by Crippen LogP contribution is 2.53. The van der Waals surface area contributed by atoms with Crippen molar-refractivity contribution in [1.29, 1.82) is 0 Å². The van der Waals surface area contributed by atoms with Gasteiger partial charge in [-0.25, -0.2) is 0 Å². The van der Waals surface area contributed by atoms with Crippen LogP contribution in [0.15, 0.2) is 48.5 Å². The Labute approximate surface area is 177 Å². The maximum absolute atomic E-state index is 12.8. The van der Waals surface area contributed by atoms with Gasteiger partial charge in [0.25, 0.3) is 0 Å². The molecule has 1 fully saturated rings. The third kappa shape index (κ3) is 4.80. The predicted octanol–water partition coefficient (Wildman–Crippen LogP) is 3.01.